The van der Waals surface area contributed by atoms with Crippen LogP contribution in [0.4, 0.5) is 35.1 Å². The minimum absolute atomic E-state index is 0.129. The van der Waals surface area contributed by atoms with Crippen LogP contribution in [0.1, 0.15) is 113 Å². The Bertz CT molecular complexity index is 5890. The number of aromatic nitrogens is 12. The van der Waals surface area contributed by atoms with E-state index in [1.54, 1.807) is 101 Å². The van der Waals surface area contributed by atoms with Crippen LogP contribution in [0.3, 0.4) is 0 Å². The van der Waals surface area contributed by atoms with Crippen molar-refractivity contribution in [3.05, 3.63) is 283 Å². The molecule has 1 unspecified atom stereocenters. The second-order valence-electron chi connectivity index (χ2n) is 29.7. The van der Waals surface area contributed by atoms with Crippen LogP contribution < -0.4 is 67.5 Å². The Kier molecular flexibility index (Phi) is 31.1. The van der Waals surface area contributed by atoms with Gasteiger partial charge in [0.05, 0.1) is 32.7 Å². The molecule has 8 aromatic rings. The highest BCUT2D eigenvalue weighted by Gasteiger charge is 2.68. The van der Waals surface area contributed by atoms with Crippen LogP contribution in [0, 0.1) is 0 Å². The van der Waals surface area contributed by atoms with Crippen molar-refractivity contribution in [1.29, 1.82) is 0 Å². The molecule has 39 nitrogen and oxygen atoms in total. The summed E-state index contributed by atoms with van der Waals surface area (Å²) >= 11 is 5.13. The fourth-order valence-corrected chi connectivity index (χ4v) is 15.4. The largest absolute Gasteiger partial charge is 0.469 e. The first-order valence-electron chi connectivity index (χ1n) is 36.9. The number of rotatable bonds is 15. The zero-order valence-electron chi connectivity index (χ0n) is 66.2. The van der Waals surface area contributed by atoms with Gasteiger partial charge in [0, 0.05) is 78.0 Å². The smallest absolute Gasteiger partial charge is 0.338 e. The van der Waals surface area contributed by atoms with Gasteiger partial charge in [-0.3, -0.25) is 86.1 Å². The minimum atomic E-state index is -2.79. The molecular weight excluding hydrogens is 2030 g/mol. The van der Waals surface area contributed by atoms with E-state index < -0.39 is 228 Å². The van der Waals surface area contributed by atoms with E-state index in [-0.39, 0.29) is 21.3 Å². The molecule has 0 radical (unpaired) electrons. The number of aliphatic hydroxyl groups is 5. The van der Waals surface area contributed by atoms with Gasteiger partial charge in [-0.05, 0) is 72.2 Å². The van der Waals surface area contributed by atoms with Crippen molar-refractivity contribution in [1.82, 2.24) is 57.3 Å². The Morgan fingerprint density at radius 1 is 0.416 bits per heavy atom. The third-order valence-corrected chi connectivity index (χ3v) is 23.3. The maximum atomic E-state index is 15.1. The van der Waals surface area contributed by atoms with Gasteiger partial charge in [-0.25, -0.2) is 73.5 Å². The number of carbonyl (C=O) groups excluding carboxylic acids is 2. The molecule has 14 rings (SSSR count). The summed E-state index contributed by atoms with van der Waals surface area (Å²) in [7, 11) is 0. The number of nitrogens with one attached hydrogen (secondary N) is 6. The lowest BCUT2D eigenvalue weighted by Crippen LogP contribution is -2.49. The van der Waals surface area contributed by atoms with Crippen LogP contribution >= 0.6 is 67.8 Å². The van der Waals surface area contributed by atoms with Crippen molar-refractivity contribution in [2.45, 2.75) is 193 Å². The molecule has 0 saturated carbocycles. The summed E-state index contributed by atoms with van der Waals surface area (Å²) in [6, 6.07) is 22.3. The summed E-state index contributed by atoms with van der Waals surface area (Å²) in [6.07, 6.45) is -15.6. The van der Waals surface area contributed by atoms with Gasteiger partial charge in [0.25, 0.3) is 45.1 Å². The third kappa shape index (κ3) is 20.6. The normalized spacial score (nSPS) is 33.0. The first kappa shape index (κ1) is 99.0. The molecule has 6 aliphatic heterocycles. The SMILES string of the molecule is C=C1O[C@@H](n2ccc(=O)[nH]c2=O)[C@](C)(O)[C@@H]1F.CC[C@H]1O[C@@H](n2ccc(=O)[nH]c2=O)[C@](C)(OC(=O)c2ccccc2)[C@@H]1F.C[C@@]1(O)[C@H](F)C(F)(CI)O[C@H]1n1ccc(=O)[nH]c1=O.C[C@@]1(O)[C@H](F)[C@@H](CI)O[C@H]1n1ccc(=O)[nH]c1=O.C[C@@]1(O)[C@H](F)[C@@H](CO)O[C@H]1n1ccc(=O)[nH]c1=O.C[C@]1(OC(=O)c2ccccc2)[C@H](n2ccc(=O)[nH]c2=O)O[C@](F)(CI)[C@H]1F. The van der Waals surface area contributed by atoms with E-state index in [0.29, 0.717) is 10.8 Å². The topological polar surface area (TPSA) is 538 Å². The molecule has 50 heteroatoms. The molecule has 6 aliphatic rings. The molecule has 680 valence electrons. The number of H-pyrrole nitrogens is 6. The second kappa shape index (κ2) is 39.2. The monoisotopic (exact) mass is 2110 g/mol. The van der Waals surface area contributed by atoms with E-state index in [4.69, 9.17) is 43.0 Å². The van der Waals surface area contributed by atoms with Crippen LogP contribution in [0.15, 0.2) is 204 Å². The van der Waals surface area contributed by atoms with Gasteiger partial charge < -0.3 is 63.4 Å². The lowest BCUT2D eigenvalue weighted by molar-refractivity contribution is -0.161. The van der Waals surface area contributed by atoms with Crippen molar-refractivity contribution in [3.63, 3.8) is 0 Å². The number of aliphatic hydroxyl groups excluding tert-OH is 1. The van der Waals surface area contributed by atoms with Gasteiger partial charge in [0.1, 0.15) is 34.8 Å². The first-order chi connectivity index (χ1) is 58.4. The van der Waals surface area contributed by atoms with Crippen molar-refractivity contribution >= 4 is 79.7 Å². The predicted molar refractivity (Wildman–Crippen MR) is 443 cm³/mol. The Hall–Kier alpha value is -9.77. The van der Waals surface area contributed by atoms with Crippen LogP contribution in [0.25, 0.3) is 0 Å². The van der Waals surface area contributed by atoms with Gasteiger partial charge in [0.15, 0.2) is 78.8 Å². The highest BCUT2D eigenvalue weighted by Crippen LogP contribution is 2.51. The molecule has 0 bridgehead atoms. The average Bonchev–Trinajstić information content (AvgIpc) is 1.58. The fraction of sp³-hybridized carbons (Fsp3) is 0.467. The Morgan fingerprint density at radius 2 is 0.728 bits per heavy atom. The van der Waals surface area contributed by atoms with Crippen molar-refractivity contribution in [2.24, 2.45) is 0 Å². The number of hydrogen-bond donors (Lipinski definition) is 11. The quantitative estimate of drug-likeness (QED) is 0.0304. The van der Waals surface area contributed by atoms with E-state index in [1.165, 1.54) is 45.3 Å². The van der Waals surface area contributed by atoms with Gasteiger partial charge in [-0.15, -0.1) is 0 Å². The van der Waals surface area contributed by atoms with Gasteiger partial charge in [0.2, 0.25) is 12.4 Å². The van der Waals surface area contributed by atoms with E-state index >= 15 is 8.78 Å². The highest BCUT2D eigenvalue weighted by atomic mass is 127. The lowest BCUT2D eigenvalue weighted by Gasteiger charge is -2.31. The number of benzene rings is 2. The lowest BCUT2D eigenvalue weighted by atomic mass is 9.96. The molecule has 11 N–H and O–H groups in total. The molecule has 125 heavy (non-hydrogen) atoms. The number of carbonyl (C=O) groups is 2. The Balaban J connectivity index is 0.000000171. The summed E-state index contributed by atoms with van der Waals surface area (Å²) in [5.41, 5.74) is -20.1. The van der Waals surface area contributed by atoms with Crippen molar-refractivity contribution in [3.8, 4) is 0 Å². The molecule has 0 aliphatic carbocycles. The van der Waals surface area contributed by atoms with Crippen molar-refractivity contribution < 1.29 is 108 Å². The number of esters is 2. The maximum absolute atomic E-state index is 15.1. The van der Waals surface area contributed by atoms with Crippen LogP contribution in [0.5, 0.6) is 0 Å². The number of hydrogen-bond acceptors (Lipinski definition) is 27. The van der Waals surface area contributed by atoms with Crippen LogP contribution in [-0.2, 0) is 37.9 Å². The van der Waals surface area contributed by atoms with E-state index in [2.05, 4.69) is 11.6 Å². The summed E-state index contributed by atoms with van der Waals surface area (Å²) in [6.45, 7) is 11.6. The molecule has 0 amide bonds. The molecule has 6 fully saturated rings. The van der Waals surface area contributed by atoms with Crippen molar-refractivity contribution in [2.75, 3.05) is 19.9 Å². The number of halogens is 11. The summed E-state index contributed by atoms with van der Waals surface area (Å²) in [4.78, 5) is 174. The fourth-order valence-electron chi connectivity index (χ4n) is 13.6. The number of aromatic amines is 6. The summed E-state index contributed by atoms with van der Waals surface area (Å²) < 4.78 is 161. The predicted octanol–water partition coefficient (Wildman–Crippen LogP) is 2.31. The molecule has 6 aromatic heterocycles. The van der Waals surface area contributed by atoms with E-state index in [0.717, 1.165) is 109 Å². The number of ether oxygens (including phenoxy) is 8. The minimum Gasteiger partial charge on any atom is -0.469 e. The van der Waals surface area contributed by atoms with Gasteiger partial charge >= 0.3 is 46.1 Å². The molecule has 6 saturated heterocycles. The molecule has 12 heterocycles. The Morgan fingerprint density at radius 3 is 1.04 bits per heavy atom. The molecule has 0 spiro atoms. The van der Waals surface area contributed by atoms with Gasteiger partial charge in [-0.1, -0.05) is 118 Å². The second-order valence-corrected chi connectivity index (χ2v) is 32.1. The summed E-state index contributed by atoms with van der Waals surface area (Å²) in [5, 5.41) is 49.0. The van der Waals surface area contributed by atoms with Crippen LogP contribution in [-0.4, -0.2) is 215 Å². The first-order valence-corrected chi connectivity index (χ1v) is 41.5. The standard InChI is InChI=1S/C18H19FN2O5.C17H15F2IN2O5.C10H11F2IN2O4.C10H12FIN2O4.C10H13FN2O5.C10H11FN2O4/c1-3-12-14(19)18(2,26-15(23)11-7-5-4-6-8-11)16(25-12)21-10-9-13(22)20-17(21)24;1-16(26-12(24)10-5-3-2-4-6-10)13(18)17(19,9-20)27-14(16)22-8-7-11(23)21-15(22)25;1-9(18)6(11)10(12,4-13)19-7(9)15-3-2-5(16)14-8(15)17;1-10(17)7(11)5(4-12)18-8(10)14-3-2-6(15)13-9(14)16;1-10(17)7(11)5(4-14)18-8(10)13-3-2-6(15)12-9(13)16;1-5-7(11)10(2,16)8(17-5)13-4-3-6(14)12-9(13)15/h4-10,12,14,16H,3H2,1-2H3,(H,20,22,24);2-8,13-14H,9H2,1H3,(H,21,23,25);2-3,6-7,18H,4H2,1H3,(H,14,16,17);2-3,5,7-8,17H,4H2,1H3,(H,13,15,16);2-3,5,7-8,14,17H,4H2,1H3,(H,12,15,16);3-4,7-8,16H,1H2,2H3,(H,12,14,15)/t12-,14-,16-,18-;13-,14+,16+,17+;6-,7+,9+,10?;2*5-,7-,8-,10-;7-,8-,10-/m100111/s1. The molecule has 2 aromatic carbocycles. The van der Waals surface area contributed by atoms with E-state index in [9.17, 15) is 114 Å². The zero-order valence-corrected chi connectivity index (χ0v) is 72.6. The van der Waals surface area contributed by atoms with E-state index in [1.807, 2.05) is 47.5 Å². The number of nitrogens with zero attached hydrogens (tertiary/aromatic N) is 6. The summed E-state index contributed by atoms with van der Waals surface area (Å²) in [5.74, 6) is -7.35. The third-order valence-electron chi connectivity index (χ3n) is 20.3. The zero-order chi connectivity index (χ0) is 92.9. The molecular formula is C75H81F8I3N12O27. The van der Waals surface area contributed by atoms with Crippen LogP contribution in [0.2, 0.25) is 0 Å². The van der Waals surface area contributed by atoms with Gasteiger partial charge in [-0.2, -0.15) is 0 Å². The highest BCUT2D eigenvalue weighted by molar-refractivity contribution is 14.1. The Labute approximate surface area is 736 Å². The maximum Gasteiger partial charge on any atom is 0.338 e. The molecule has 23 atom stereocenters. The number of alkyl halides is 11. The average molecular weight is 2120 g/mol.